The summed E-state index contributed by atoms with van der Waals surface area (Å²) in [6, 6.07) is 7.61. The second-order valence-electron chi connectivity index (χ2n) is 8.40. The largest absolute Gasteiger partial charge is 0.465 e. The van der Waals surface area contributed by atoms with Crippen molar-refractivity contribution in [3.05, 3.63) is 64.7 Å². The first-order chi connectivity index (χ1) is 19.0. The number of nitrogens with zero attached hydrogens (tertiary/aromatic N) is 5. The van der Waals surface area contributed by atoms with Crippen molar-refractivity contribution in [2.45, 2.75) is 0 Å². The summed E-state index contributed by atoms with van der Waals surface area (Å²) in [4.78, 5) is 25.4. The molecule has 0 bridgehead atoms. The van der Waals surface area contributed by atoms with Gasteiger partial charge >= 0.3 is 11.9 Å². The van der Waals surface area contributed by atoms with Gasteiger partial charge < -0.3 is 29.2 Å². The van der Waals surface area contributed by atoms with Gasteiger partial charge in [0, 0.05) is 43.0 Å². The van der Waals surface area contributed by atoms with E-state index in [0.29, 0.717) is 24.3 Å². The van der Waals surface area contributed by atoms with Crippen LogP contribution in [0.5, 0.6) is 0 Å². The minimum Gasteiger partial charge on any atom is -0.465 e. The second kappa shape index (κ2) is 14.0. The zero-order valence-electron chi connectivity index (χ0n) is 21.8. The number of aromatic nitrogens is 4. The number of hydrogen-bond donors (Lipinski definition) is 1. The molecule has 0 saturated carbocycles. The summed E-state index contributed by atoms with van der Waals surface area (Å²) in [7, 11) is 2.73. The van der Waals surface area contributed by atoms with E-state index in [1.807, 2.05) is 30.5 Å². The van der Waals surface area contributed by atoms with E-state index in [1.54, 1.807) is 21.4 Å². The molecule has 0 amide bonds. The molecule has 12 nitrogen and oxygen atoms in total. The van der Waals surface area contributed by atoms with E-state index in [2.05, 4.69) is 41.1 Å². The summed E-state index contributed by atoms with van der Waals surface area (Å²) in [6.45, 7) is 6.85. The van der Waals surface area contributed by atoms with Crippen LogP contribution >= 0.6 is 15.9 Å². The van der Waals surface area contributed by atoms with Crippen LogP contribution in [0.15, 0.2) is 53.5 Å². The Kier molecular flexibility index (Phi) is 10.3. The first-order valence-corrected chi connectivity index (χ1v) is 13.2. The number of nitrogens with one attached hydrogen (secondary N) is 1. The van der Waals surface area contributed by atoms with Gasteiger partial charge in [-0.1, -0.05) is 0 Å². The summed E-state index contributed by atoms with van der Waals surface area (Å²) in [5, 5.41) is 11.4. The van der Waals surface area contributed by atoms with Crippen LogP contribution in [0, 0.1) is 0 Å². The van der Waals surface area contributed by atoms with Crippen molar-refractivity contribution in [1.82, 2.24) is 24.5 Å². The summed E-state index contributed by atoms with van der Waals surface area (Å²) in [5.41, 5.74) is 3.45. The van der Waals surface area contributed by atoms with Crippen molar-refractivity contribution in [3.63, 3.8) is 0 Å². The van der Waals surface area contributed by atoms with E-state index in [9.17, 15) is 9.59 Å². The first kappa shape index (κ1) is 28.5. The number of halogens is 1. The summed E-state index contributed by atoms with van der Waals surface area (Å²) in [5.74, 6) is -0.748. The van der Waals surface area contributed by atoms with Crippen LogP contribution < -0.4 is 10.2 Å². The number of pyridine rings is 2. The number of hydrogen-bond acceptors (Lipinski definition) is 10. The van der Waals surface area contributed by atoms with Crippen LogP contribution in [0.1, 0.15) is 20.7 Å². The molecule has 1 N–H and O–H groups in total. The van der Waals surface area contributed by atoms with Crippen LogP contribution in [0.25, 0.3) is 11.0 Å². The predicted octanol–water partition coefficient (Wildman–Crippen LogP) is 2.45. The minimum absolute atomic E-state index is 0.365. The highest BCUT2D eigenvalue weighted by atomic mass is 79.9. The number of morpholine rings is 2. The lowest BCUT2D eigenvalue weighted by molar-refractivity contribution is 0.0594. The molecule has 39 heavy (non-hydrogen) atoms. The maximum atomic E-state index is 11.8. The predicted molar refractivity (Wildman–Crippen MR) is 147 cm³/mol. The molecular weight excluding hydrogens is 572 g/mol. The average molecular weight is 603 g/mol. The zero-order valence-corrected chi connectivity index (χ0v) is 23.4. The fourth-order valence-electron chi connectivity index (χ4n) is 4.12. The van der Waals surface area contributed by atoms with E-state index in [4.69, 9.17) is 14.2 Å². The molecule has 2 fully saturated rings. The molecule has 0 radical (unpaired) electrons. The molecule has 0 unspecified atom stereocenters. The summed E-state index contributed by atoms with van der Waals surface area (Å²) < 4.78 is 24.0. The molecule has 4 aromatic heterocycles. The Labute approximate surface area is 233 Å². The van der Waals surface area contributed by atoms with Gasteiger partial charge in [0.1, 0.15) is 16.6 Å². The van der Waals surface area contributed by atoms with Gasteiger partial charge in [0.15, 0.2) is 0 Å². The lowest BCUT2D eigenvalue weighted by Gasteiger charge is -2.29. The fraction of sp³-hybridized carbons (Fsp3) is 0.385. The SMILES string of the molecule is C1COCCN1.COC(=O)c1cnn2cccc(Br)c12.COC(=O)c1cnn2cccc(N3CCOCC3)c12. The highest BCUT2D eigenvalue weighted by Crippen LogP contribution is 2.26. The standard InChI is InChI=1S/C13H15N3O3.C9H7BrN2O2.C4H9NO/c1-18-13(17)10-9-14-16-4-2-3-11(12(10)16)15-5-7-19-8-6-15;1-14-9(13)6-5-11-12-4-2-3-7(10)8(6)12;1-3-6-4-2-5-1/h2-4,9H,5-8H2,1H3;2-5H,1H3;5H,1-4H2. The quantitative estimate of drug-likeness (QED) is 0.350. The smallest absolute Gasteiger partial charge is 0.341 e. The Morgan fingerprint density at radius 1 is 0.846 bits per heavy atom. The van der Waals surface area contributed by atoms with Crippen molar-refractivity contribution in [2.24, 2.45) is 0 Å². The molecule has 6 rings (SSSR count). The zero-order chi connectivity index (χ0) is 27.6. The van der Waals surface area contributed by atoms with Crippen LogP contribution in [0.4, 0.5) is 5.69 Å². The van der Waals surface area contributed by atoms with Gasteiger partial charge in [0.05, 0.1) is 64.2 Å². The third-order valence-corrected chi connectivity index (χ3v) is 6.66. The Hall–Kier alpha value is -3.52. The third-order valence-electron chi connectivity index (χ3n) is 6.02. The molecule has 2 saturated heterocycles. The molecule has 6 heterocycles. The lowest BCUT2D eigenvalue weighted by Crippen LogP contribution is -2.36. The second-order valence-corrected chi connectivity index (χ2v) is 9.25. The van der Waals surface area contributed by atoms with Crippen LogP contribution in [0.3, 0.4) is 0 Å². The van der Waals surface area contributed by atoms with Crippen molar-refractivity contribution < 1.29 is 28.5 Å². The van der Waals surface area contributed by atoms with Crippen molar-refractivity contribution >= 4 is 44.6 Å². The van der Waals surface area contributed by atoms with Crippen molar-refractivity contribution in [3.8, 4) is 0 Å². The minimum atomic E-state index is -0.383. The Bertz CT molecular complexity index is 1380. The molecule has 4 aromatic rings. The molecular formula is C26H31BrN6O6. The summed E-state index contributed by atoms with van der Waals surface area (Å²) in [6.07, 6.45) is 6.63. The summed E-state index contributed by atoms with van der Waals surface area (Å²) >= 11 is 3.36. The molecule has 2 aliphatic heterocycles. The highest BCUT2D eigenvalue weighted by Gasteiger charge is 2.20. The van der Waals surface area contributed by atoms with Gasteiger partial charge in [0.2, 0.25) is 0 Å². The fourth-order valence-corrected chi connectivity index (χ4v) is 4.67. The topological polar surface area (TPSA) is 121 Å². The molecule has 0 aromatic carbocycles. The van der Waals surface area contributed by atoms with Crippen molar-refractivity contribution in [2.75, 3.05) is 71.7 Å². The van der Waals surface area contributed by atoms with Crippen LogP contribution in [-0.4, -0.2) is 98.0 Å². The number of anilines is 1. The van der Waals surface area contributed by atoms with E-state index < -0.39 is 0 Å². The third kappa shape index (κ3) is 6.92. The monoisotopic (exact) mass is 602 g/mol. The number of methoxy groups -OCH3 is 2. The van der Waals surface area contributed by atoms with E-state index in [0.717, 1.165) is 60.6 Å². The average Bonchev–Trinajstić information content (AvgIpc) is 3.64. The van der Waals surface area contributed by atoms with Gasteiger partial charge in [-0.2, -0.15) is 10.2 Å². The normalized spacial score (nSPS) is 15.1. The molecule has 208 valence electrons. The number of carbonyl (C=O) groups is 2. The Morgan fingerprint density at radius 3 is 1.92 bits per heavy atom. The van der Waals surface area contributed by atoms with Crippen LogP contribution in [0.2, 0.25) is 0 Å². The maximum absolute atomic E-state index is 11.8. The van der Waals surface area contributed by atoms with Crippen molar-refractivity contribution in [1.29, 1.82) is 0 Å². The highest BCUT2D eigenvalue weighted by molar-refractivity contribution is 9.10. The van der Waals surface area contributed by atoms with Gasteiger partial charge in [-0.05, 0) is 40.2 Å². The maximum Gasteiger partial charge on any atom is 0.341 e. The number of ether oxygens (including phenoxy) is 4. The van der Waals surface area contributed by atoms with Gasteiger partial charge in [0.25, 0.3) is 0 Å². The number of rotatable bonds is 3. The molecule has 0 spiro atoms. The lowest BCUT2D eigenvalue weighted by atomic mass is 10.2. The molecule has 2 aliphatic rings. The van der Waals surface area contributed by atoms with E-state index in [-0.39, 0.29) is 11.9 Å². The number of fused-ring (bicyclic) bond motifs is 2. The number of esters is 2. The van der Waals surface area contributed by atoms with Gasteiger partial charge in [-0.25, -0.2) is 18.6 Å². The van der Waals surface area contributed by atoms with Gasteiger partial charge in [-0.15, -0.1) is 0 Å². The Morgan fingerprint density at radius 2 is 1.38 bits per heavy atom. The molecule has 0 atom stereocenters. The first-order valence-electron chi connectivity index (χ1n) is 12.4. The van der Waals surface area contributed by atoms with E-state index in [1.165, 1.54) is 20.4 Å². The van der Waals surface area contributed by atoms with E-state index >= 15 is 0 Å². The molecule has 13 heteroatoms. The van der Waals surface area contributed by atoms with Gasteiger partial charge in [-0.3, -0.25) is 0 Å². The molecule has 0 aliphatic carbocycles. The Balaban J connectivity index is 0.000000154. The number of carbonyl (C=O) groups excluding carboxylic acids is 2. The van der Waals surface area contributed by atoms with Crippen LogP contribution in [-0.2, 0) is 18.9 Å².